The van der Waals surface area contributed by atoms with Gasteiger partial charge < -0.3 is 5.32 Å². The van der Waals surface area contributed by atoms with Gasteiger partial charge in [-0.15, -0.1) is 11.8 Å². The van der Waals surface area contributed by atoms with Gasteiger partial charge in [0, 0.05) is 10.9 Å². The molecule has 3 heteroatoms. The number of rotatable bonds is 4. The van der Waals surface area contributed by atoms with Crippen molar-refractivity contribution in [3.8, 4) is 6.07 Å². The number of anilines is 1. The van der Waals surface area contributed by atoms with E-state index in [2.05, 4.69) is 43.4 Å². The zero-order valence-corrected chi connectivity index (χ0v) is 13.3. The highest BCUT2D eigenvalue weighted by atomic mass is 32.2. The quantitative estimate of drug-likeness (QED) is 0.622. The Morgan fingerprint density at radius 2 is 2.10 bits per heavy atom. The van der Waals surface area contributed by atoms with Crippen LogP contribution >= 0.6 is 11.8 Å². The lowest BCUT2D eigenvalue weighted by Gasteiger charge is -2.25. The van der Waals surface area contributed by atoms with Crippen molar-refractivity contribution >= 4 is 17.4 Å². The lowest BCUT2D eigenvalue weighted by atomic mass is 9.96. The van der Waals surface area contributed by atoms with Crippen LogP contribution in [0.15, 0.2) is 23.1 Å². The summed E-state index contributed by atoms with van der Waals surface area (Å²) in [6, 6.07) is 9.05. The molecular formula is C17H24N2S. The van der Waals surface area contributed by atoms with Crippen molar-refractivity contribution in [1.29, 1.82) is 5.26 Å². The molecule has 1 saturated carbocycles. The number of benzene rings is 1. The molecule has 20 heavy (non-hydrogen) atoms. The van der Waals surface area contributed by atoms with Crippen LogP contribution in [0.25, 0.3) is 0 Å². The Hall–Kier alpha value is -1.14. The molecule has 1 fully saturated rings. The normalized spacial score (nSPS) is 22.9. The summed E-state index contributed by atoms with van der Waals surface area (Å²) in [7, 11) is 0. The average Bonchev–Trinajstić information content (AvgIpc) is 2.65. The molecule has 2 nitrogen and oxygen atoms in total. The third-order valence-electron chi connectivity index (χ3n) is 4.14. The Balaban J connectivity index is 2.19. The second-order valence-electron chi connectivity index (χ2n) is 5.59. The summed E-state index contributed by atoms with van der Waals surface area (Å²) in [5.41, 5.74) is 1.83. The van der Waals surface area contributed by atoms with Crippen LogP contribution in [-0.4, -0.2) is 11.8 Å². The van der Waals surface area contributed by atoms with Crippen molar-refractivity contribution in [3.05, 3.63) is 23.8 Å². The highest BCUT2D eigenvalue weighted by Gasteiger charge is 2.21. The van der Waals surface area contributed by atoms with Crippen LogP contribution in [0.4, 0.5) is 5.69 Å². The summed E-state index contributed by atoms with van der Waals surface area (Å²) in [5.74, 6) is 1.68. The maximum Gasteiger partial charge on any atom is 0.102 e. The van der Waals surface area contributed by atoms with E-state index in [0.29, 0.717) is 12.0 Å². The average molecular weight is 288 g/mol. The second kappa shape index (κ2) is 7.59. The Kier molecular flexibility index (Phi) is 5.79. The van der Waals surface area contributed by atoms with Crippen LogP contribution < -0.4 is 5.32 Å². The van der Waals surface area contributed by atoms with Gasteiger partial charge in [-0.3, -0.25) is 0 Å². The fourth-order valence-electron chi connectivity index (χ4n) is 2.95. The largest absolute Gasteiger partial charge is 0.381 e. The molecule has 0 spiro atoms. The summed E-state index contributed by atoms with van der Waals surface area (Å²) in [5, 5.41) is 13.1. The Bertz CT molecular complexity index is 478. The van der Waals surface area contributed by atoms with Crippen LogP contribution in [-0.2, 0) is 0 Å². The molecule has 108 valence electrons. The van der Waals surface area contributed by atoms with Crippen LogP contribution in [0.1, 0.15) is 51.5 Å². The van der Waals surface area contributed by atoms with Crippen molar-refractivity contribution in [2.45, 2.75) is 56.9 Å². The number of nitriles is 1. The van der Waals surface area contributed by atoms with Crippen LogP contribution in [0, 0.1) is 17.2 Å². The van der Waals surface area contributed by atoms with Crippen molar-refractivity contribution in [2.24, 2.45) is 5.92 Å². The minimum atomic E-state index is 0.506. The molecule has 2 unspecified atom stereocenters. The molecule has 1 aromatic rings. The molecule has 0 aliphatic heterocycles. The zero-order chi connectivity index (χ0) is 14.4. The zero-order valence-electron chi connectivity index (χ0n) is 12.5. The lowest BCUT2D eigenvalue weighted by molar-refractivity contribution is 0.456. The van der Waals surface area contributed by atoms with Crippen molar-refractivity contribution in [1.82, 2.24) is 0 Å². The topological polar surface area (TPSA) is 35.8 Å². The summed E-state index contributed by atoms with van der Waals surface area (Å²) in [6.07, 6.45) is 6.50. The molecule has 0 bridgehead atoms. The van der Waals surface area contributed by atoms with Gasteiger partial charge in [0.15, 0.2) is 0 Å². The van der Waals surface area contributed by atoms with E-state index in [1.807, 2.05) is 0 Å². The van der Waals surface area contributed by atoms with Gasteiger partial charge in [0.1, 0.15) is 6.07 Å². The third-order valence-corrected chi connectivity index (χ3v) is 5.08. The summed E-state index contributed by atoms with van der Waals surface area (Å²) in [4.78, 5) is 1.10. The van der Waals surface area contributed by atoms with E-state index in [-0.39, 0.29) is 0 Å². The van der Waals surface area contributed by atoms with Gasteiger partial charge in [0.05, 0.1) is 11.3 Å². The minimum Gasteiger partial charge on any atom is -0.381 e. The first-order valence-electron chi connectivity index (χ1n) is 7.68. The molecule has 1 aliphatic rings. The Labute approximate surface area is 127 Å². The van der Waals surface area contributed by atoms with Crippen LogP contribution in [0.3, 0.4) is 0 Å². The van der Waals surface area contributed by atoms with Crippen molar-refractivity contribution in [2.75, 3.05) is 11.1 Å². The number of nitrogens with one attached hydrogen (secondary N) is 1. The first-order valence-corrected chi connectivity index (χ1v) is 8.67. The highest BCUT2D eigenvalue weighted by Crippen LogP contribution is 2.31. The van der Waals surface area contributed by atoms with Gasteiger partial charge in [-0.25, -0.2) is 0 Å². The van der Waals surface area contributed by atoms with Crippen LogP contribution in [0.5, 0.6) is 0 Å². The smallest absolute Gasteiger partial charge is 0.102 e. The molecule has 0 amide bonds. The van der Waals surface area contributed by atoms with Gasteiger partial charge in [-0.05, 0) is 36.6 Å². The number of thioether (sulfide) groups is 1. The van der Waals surface area contributed by atoms with Gasteiger partial charge in [0.2, 0.25) is 0 Å². The monoisotopic (exact) mass is 288 g/mol. The first-order chi connectivity index (χ1) is 9.76. The maximum absolute atomic E-state index is 9.47. The maximum atomic E-state index is 9.47. The van der Waals surface area contributed by atoms with Crippen molar-refractivity contribution in [3.63, 3.8) is 0 Å². The third kappa shape index (κ3) is 3.70. The minimum absolute atomic E-state index is 0.506. The van der Waals surface area contributed by atoms with E-state index in [4.69, 9.17) is 0 Å². The van der Waals surface area contributed by atoms with E-state index in [1.165, 1.54) is 32.1 Å². The first kappa shape index (κ1) is 15.3. The second-order valence-corrected chi connectivity index (χ2v) is 6.90. The SMILES string of the molecule is CCSc1cccc(NC2CCCCCC2C)c1C#N. The lowest BCUT2D eigenvalue weighted by Crippen LogP contribution is -2.26. The highest BCUT2D eigenvalue weighted by molar-refractivity contribution is 7.99. The molecule has 2 atom stereocenters. The molecule has 0 aromatic heterocycles. The molecule has 0 radical (unpaired) electrons. The molecular weight excluding hydrogens is 264 g/mol. The van der Waals surface area contributed by atoms with Gasteiger partial charge in [-0.1, -0.05) is 39.2 Å². The molecule has 0 saturated heterocycles. The molecule has 1 aromatic carbocycles. The van der Waals surface area contributed by atoms with Crippen LogP contribution in [0.2, 0.25) is 0 Å². The Morgan fingerprint density at radius 1 is 1.30 bits per heavy atom. The fourth-order valence-corrected chi connectivity index (χ4v) is 3.74. The molecule has 1 aliphatic carbocycles. The summed E-state index contributed by atoms with van der Waals surface area (Å²) < 4.78 is 0. The Morgan fingerprint density at radius 3 is 2.85 bits per heavy atom. The molecule has 0 heterocycles. The predicted molar refractivity (Wildman–Crippen MR) is 87.2 cm³/mol. The number of nitrogens with zero attached hydrogens (tertiary/aromatic N) is 1. The van der Waals surface area contributed by atoms with E-state index >= 15 is 0 Å². The predicted octanol–water partition coefficient (Wildman–Crippen LogP) is 5.05. The van der Waals surface area contributed by atoms with Gasteiger partial charge in [-0.2, -0.15) is 5.26 Å². The van der Waals surface area contributed by atoms with E-state index in [1.54, 1.807) is 11.8 Å². The van der Waals surface area contributed by atoms with Gasteiger partial charge >= 0.3 is 0 Å². The fraction of sp³-hybridized carbons (Fsp3) is 0.588. The number of hydrogen-bond acceptors (Lipinski definition) is 3. The van der Waals surface area contributed by atoms with E-state index in [0.717, 1.165) is 21.9 Å². The number of hydrogen-bond donors (Lipinski definition) is 1. The van der Waals surface area contributed by atoms with E-state index < -0.39 is 0 Å². The molecule has 1 N–H and O–H groups in total. The summed E-state index contributed by atoms with van der Waals surface area (Å²) >= 11 is 1.75. The van der Waals surface area contributed by atoms with Crippen molar-refractivity contribution < 1.29 is 0 Å². The van der Waals surface area contributed by atoms with E-state index in [9.17, 15) is 5.26 Å². The molecule has 2 rings (SSSR count). The summed E-state index contributed by atoms with van der Waals surface area (Å²) in [6.45, 7) is 4.46. The standard InChI is InChI=1S/C17H24N2S/c1-3-20-17-11-7-10-16(14(17)12-18)19-15-9-6-4-5-8-13(15)2/h7,10-11,13,15,19H,3-6,8-9H2,1-2H3. The van der Waals surface area contributed by atoms with Gasteiger partial charge in [0.25, 0.3) is 0 Å².